The lowest BCUT2D eigenvalue weighted by molar-refractivity contribution is -0.122. The predicted octanol–water partition coefficient (Wildman–Crippen LogP) is 5.76. The minimum absolute atomic E-state index is 0.132. The van der Waals surface area contributed by atoms with Crippen molar-refractivity contribution < 1.29 is 19.1 Å². The van der Waals surface area contributed by atoms with Gasteiger partial charge in [-0.15, -0.1) is 0 Å². The third kappa shape index (κ3) is 5.20. The van der Waals surface area contributed by atoms with Crippen molar-refractivity contribution in [3.63, 3.8) is 0 Å². The Balaban J connectivity index is 1.28. The molecule has 0 aromatic heterocycles. The molecule has 190 valence electrons. The first-order chi connectivity index (χ1) is 18.6. The highest BCUT2D eigenvalue weighted by Crippen LogP contribution is 2.58. The van der Waals surface area contributed by atoms with Crippen LogP contribution in [0.5, 0.6) is 11.5 Å². The van der Waals surface area contributed by atoms with E-state index in [2.05, 4.69) is 34.8 Å². The van der Waals surface area contributed by atoms with E-state index < -0.39 is 5.97 Å². The van der Waals surface area contributed by atoms with Crippen LogP contribution < -0.4 is 14.9 Å². The van der Waals surface area contributed by atoms with Crippen molar-refractivity contribution in [2.45, 2.75) is 18.8 Å². The number of hydrazone groups is 1. The summed E-state index contributed by atoms with van der Waals surface area (Å²) in [6, 6.07) is 34.2. The van der Waals surface area contributed by atoms with Crippen LogP contribution in [0.1, 0.15) is 40.4 Å². The molecule has 5 rings (SSSR count). The summed E-state index contributed by atoms with van der Waals surface area (Å²) in [6.07, 6.45) is 2.27. The number of amides is 1. The van der Waals surface area contributed by atoms with Gasteiger partial charge in [-0.25, -0.2) is 10.2 Å². The van der Waals surface area contributed by atoms with Crippen LogP contribution in [0.2, 0.25) is 0 Å². The number of carbonyl (C=O) groups is 2. The fraction of sp³-hybridized carbons (Fsp3) is 0.156. The topological polar surface area (TPSA) is 77.0 Å². The lowest BCUT2D eigenvalue weighted by Gasteiger charge is -2.18. The summed E-state index contributed by atoms with van der Waals surface area (Å²) < 4.78 is 11.2. The van der Waals surface area contributed by atoms with Crippen molar-refractivity contribution in [2.75, 3.05) is 6.61 Å². The zero-order valence-corrected chi connectivity index (χ0v) is 21.0. The predicted molar refractivity (Wildman–Crippen MR) is 147 cm³/mol. The standard InChI is InChI=1S/C32H28N2O4/c1-2-37-29-20-23(18-19-28(29)38-31(36)24-12-6-3-7-13-24)22-33-34-30(35)27-21-32(27,25-14-8-4-9-15-25)26-16-10-5-11-17-26/h3-20,22,27H,2,21H2,1H3,(H,34,35)/b33-22+. The van der Waals surface area contributed by atoms with Gasteiger partial charge in [-0.2, -0.15) is 5.10 Å². The number of ether oxygens (including phenoxy) is 2. The number of benzene rings is 4. The van der Waals surface area contributed by atoms with Crippen LogP contribution in [0.3, 0.4) is 0 Å². The van der Waals surface area contributed by atoms with Crippen molar-refractivity contribution in [1.29, 1.82) is 0 Å². The molecule has 4 aromatic carbocycles. The summed E-state index contributed by atoms with van der Waals surface area (Å²) in [5.74, 6) is -0.0858. The summed E-state index contributed by atoms with van der Waals surface area (Å²) >= 11 is 0. The Morgan fingerprint density at radius 3 is 2.08 bits per heavy atom. The lowest BCUT2D eigenvalue weighted by atomic mass is 9.85. The molecule has 1 atom stereocenters. The van der Waals surface area contributed by atoms with Gasteiger partial charge in [0.15, 0.2) is 11.5 Å². The van der Waals surface area contributed by atoms with Crippen molar-refractivity contribution in [3.8, 4) is 11.5 Å². The fourth-order valence-corrected chi connectivity index (χ4v) is 4.79. The zero-order valence-electron chi connectivity index (χ0n) is 21.0. The van der Waals surface area contributed by atoms with E-state index in [1.165, 1.54) is 0 Å². The second-order valence-corrected chi connectivity index (χ2v) is 9.09. The quantitative estimate of drug-likeness (QED) is 0.136. The molecule has 1 N–H and O–H groups in total. The molecule has 38 heavy (non-hydrogen) atoms. The first-order valence-electron chi connectivity index (χ1n) is 12.6. The maximum atomic E-state index is 13.1. The molecule has 1 aliphatic carbocycles. The Bertz CT molecular complexity index is 1400. The van der Waals surface area contributed by atoms with Crippen LogP contribution in [-0.2, 0) is 10.2 Å². The molecule has 1 amide bonds. The highest BCUT2D eigenvalue weighted by atomic mass is 16.6. The van der Waals surface area contributed by atoms with Crippen LogP contribution in [0.25, 0.3) is 0 Å². The molecule has 0 saturated heterocycles. The van der Waals surface area contributed by atoms with Gasteiger partial charge in [-0.1, -0.05) is 78.9 Å². The van der Waals surface area contributed by atoms with Crippen molar-refractivity contribution in [1.82, 2.24) is 5.43 Å². The monoisotopic (exact) mass is 504 g/mol. The Kier molecular flexibility index (Phi) is 7.31. The van der Waals surface area contributed by atoms with E-state index in [4.69, 9.17) is 9.47 Å². The second-order valence-electron chi connectivity index (χ2n) is 9.09. The van der Waals surface area contributed by atoms with Gasteiger partial charge in [0.1, 0.15) is 0 Å². The number of esters is 1. The van der Waals surface area contributed by atoms with E-state index in [1.807, 2.05) is 49.4 Å². The van der Waals surface area contributed by atoms with Crippen LogP contribution in [0.15, 0.2) is 114 Å². The lowest BCUT2D eigenvalue weighted by Crippen LogP contribution is -2.25. The van der Waals surface area contributed by atoms with E-state index in [9.17, 15) is 9.59 Å². The summed E-state index contributed by atoms with van der Waals surface area (Å²) in [4.78, 5) is 25.6. The van der Waals surface area contributed by atoms with Crippen LogP contribution in [-0.4, -0.2) is 24.7 Å². The van der Waals surface area contributed by atoms with Gasteiger partial charge in [0.05, 0.1) is 24.3 Å². The number of rotatable bonds is 9. The zero-order chi connectivity index (χ0) is 26.4. The number of hydrogen-bond donors (Lipinski definition) is 1. The minimum atomic E-state index is -0.468. The maximum absolute atomic E-state index is 13.1. The molecule has 1 saturated carbocycles. The van der Waals surface area contributed by atoms with Gasteiger partial charge >= 0.3 is 5.97 Å². The summed E-state index contributed by atoms with van der Waals surface area (Å²) in [6.45, 7) is 2.25. The minimum Gasteiger partial charge on any atom is -0.490 e. The third-order valence-corrected chi connectivity index (χ3v) is 6.72. The summed E-state index contributed by atoms with van der Waals surface area (Å²) in [5.41, 5.74) is 5.75. The molecule has 4 aromatic rings. The van der Waals surface area contributed by atoms with Gasteiger partial charge in [0.25, 0.3) is 0 Å². The van der Waals surface area contributed by atoms with Gasteiger partial charge in [-0.3, -0.25) is 4.79 Å². The highest BCUT2D eigenvalue weighted by Gasteiger charge is 2.60. The van der Waals surface area contributed by atoms with E-state index in [0.717, 1.165) is 17.5 Å². The van der Waals surface area contributed by atoms with Gasteiger partial charge < -0.3 is 9.47 Å². The molecule has 6 heteroatoms. The molecule has 1 aliphatic rings. The summed E-state index contributed by atoms with van der Waals surface area (Å²) in [5, 5.41) is 4.21. The molecule has 6 nitrogen and oxygen atoms in total. The molecule has 0 heterocycles. The number of hydrogen-bond acceptors (Lipinski definition) is 5. The smallest absolute Gasteiger partial charge is 0.343 e. The molecular weight excluding hydrogens is 476 g/mol. The first kappa shape index (κ1) is 25.0. The maximum Gasteiger partial charge on any atom is 0.343 e. The Hall–Kier alpha value is -4.71. The molecule has 1 fully saturated rings. The molecule has 0 bridgehead atoms. The van der Waals surface area contributed by atoms with E-state index >= 15 is 0 Å². The van der Waals surface area contributed by atoms with Gasteiger partial charge in [0, 0.05) is 5.41 Å². The van der Waals surface area contributed by atoms with Crippen LogP contribution in [0, 0.1) is 5.92 Å². The van der Waals surface area contributed by atoms with Crippen molar-refractivity contribution >= 4 is 18.1 Å². The van der Waals surface area contributed by atoms with Crippen LogP contribution >= 0.6 is 0 Å². The fourth-order valence-electron chi connectivity index (χ4n) is 4.79. The number of nitrogens with zero attached hydrogens (tertiary/aromatic N) is 1. The number of carbonyl (C=O) groups excluding carboxylic acids is 2. The normalized spacial score (nSPS) is 15.6. The highest BCUT2D eigenvalue weighted by molar-refractivity contribution is 5.92. The molecule has 1 unspecified atom stereocenters. The average Bonchev–Trinajstić information content (AvgIpc) is 3.73. The van der Waals surface area contributed by atoms with E-state index in [0.29, 0.717) is 29.2 Å². The van der Waals surface area contributed by atoms with Gasteiger partial charge in [0.2, 0.25) is 5.91 Å². The Morgan fingerprint density at radius 1 is 0.868 bits per heavy atom. The third-order valence-electron chi connectivity index (χ3n) is 6.72. The Labute approximate surface area is 221 Å². The van der Waals surface area contributed by atoms with Crippen molar-refractivity contribution in [3.05, 3.63) is 131 Å². The molecule has 0 aliphatic heterocycles. The SMILES string of the molecule is CCOc1cc(/C=N/NC(=O)C2CC2(c2ccccc2)c2ccccc2)ccc1OC(=O)c1ccccc1. The first-order valence-corrected chi connectivity index (χ1v) is 12.6. The largest absolute Gasteiger partial charge is 0.490 e. The number of nitrogens with one attached hydrogen (secondary N) is 1. The van der Waals surface area contributed by atoms with Crippen molar-refractivity contribution in [2.24, 2.45) is 11.0 Å². The second kappa shape index (κ2) is 11.1. The molecule has 0 radical (unpaired) electrons. The molecule has 0 spiro atoms. The van der Waals surface area contributed by atoms with E-state index in [1.54, 1.807) is 48.7 Å². The molecular formula is C32H28N2O4. The average molecular weight is 505 g/mol. The summed E-state index contributed by atoms with van der Waals surface area (Å²) in [7, 11) is 0. The Morgan fingerprint density at radius 2 is 1.47 bits per heavy atom. The van der Waals surface area contributed by atoms with E-state index in [-0.39, 0.29) is 17.2 Å². The van der Waals surface area contributed by atoms with Gasteiger partial charge in [-0.05, 0) is 60.4 Å². The van der Waals surface area contributed by atoms with Crippen LogP contribution in [0.4, 0.5) is 0 Å².